The van der Waals surface area contributed by atoms with Crippen LogP contribution in [0.2, 0.25) is 0 Å². The van der Waals surface area contributed by atoms with E-state index >= 15 is 0 Å². The van der Waals surface area contributed by atoms with Crippen LogP contribution in [0.25, 0.3) is 0 Å². The van der Waals surface area contributed by atoms with E-state index in [0.29, 0.717) is 36.1 Å². The van der Waals surface area contributed by atoms with Crippen LogP contribution < -0.4 is 10.6 Å². The molecular formula is C18H22N4O3. The number of carbonyl (C=O) groups is 2. The molecule has 2 N–H and O–H groups in total. The lowest BCUT2D eigenvalue weighted by atomic mass is 10.1. The molecule has 1 amide bonds. The highest BCUT2D eigenvalue weighted by Crippen LogP contribution is 2.16. The fourth-order valence-electron chi connectivity index (χ4n) is 2.19. The van der Waals surface area contributed by atoms with Crippen LogP contribution in [-0.2, 0) is 4.74 Å². The molecule has 7 nitrogen and oxygen atoms in total. The van der Waals surface area contributed by atoms with Crippen LogP contribution in [0.15, 0.2) is 30.3 Å². The summed E-state index contributed by atoms with van der Waals surface area (Å²) in [7, 11) is 1.62. The SMILES string of the molecule is COCCCNC(=O)c1cc(Nc2ccc(C(C)=O)cc2)nc(C)n1. The fourth-order valence-corrected chi connectivity index (χ4v) is 2.19. The molecule has 0 aliphatic carbocycles. The van der Waals surface area contributed by atoms with Crippen molar-refractivity contribution in [3.63, 3.8) is 0 Å². The van der Waals surface area contributed by atoms with Gasteiger partial charge in [0.1, 0.15) is 17.3 Å². The second-order valence-corrected chi connectivity index (χ2v) is 5.55. The third-order valence-electron chi connectivity index (χ3n) is 3.45. The Morgan fingerprint density at radius 2 is 1.88 bits per heavy atom. The Balaban J connectivity index is 2.07. The van der Waals surface area contributed by atoms with Gasteiger partial charge in [0, 0.05) is 37.6 Å². The van der Waals surface area contributed by atoms with E-state index in [1.54, 1.807) is 44.4 Å². The zero-order chi connectivity index (χ0) is 18.2. The lowest BCUT2D eigenvalue weighted by Crippen LogP contribution is -2.26. The first-order chi connectivity index (χ1) is 12.0. The van der Waals surface area contributed by atoms with Crippen LogP contribution in [-0.4, -0.2) is 41.9 Å². The van der Waals surface area contributed by atoms with Gasteiger partial charge < -0.3 is 15.4 Å². The van der Waals surface area contributed by atoms with Gasteiger partial charge >= 0.3 is 0 Å². The number of ketones is 1. The quantitative estimate of drug-likeness (QED) is 0.565. The summed E-state index contributed by atoms with van der Waals surface area (Å²) in [6.45, 7) is 4.36. The average Bonchev–Trinajstić information content (AvgIpc) is 2.58. The number of benzene rings is 1. The predicted molar refractivity (Wildman–Crippen MR) is 95.3 cm³/mol. The summed E-state index contributed by atoms with van der Waals surface area (Å²) in [4.78, 5) is 32.0. The molecule has 7 heteroatoms. The van der Waals surface area contributed by atoms with Gasteiger partial charge in [0.05, 0.1) is 0 Å². The van der Waals surface area contributed by atoms with Crippen molar-refractivity contribution in [2.45, 2.75) is 20.3 Å². The molecule has 0 fully saturated rings. The molecule has 1 aromatic carbocycles. The van der Waals surface area contributed by atoms with Crippen molar-refractivity contribution in [3.8, 4) is 0 Å². The number of carbonyl (C=O) groups excluding carboxylic acids is 2. The van der Waals surface area contributed by atoms with Crippen molar-refractivity contribution in [2.75, 3.05) is 25.6 Å². The van der Waals surface area contributed by atoms with Crippen molar-refractivity contribution in [1.82, 2.24) is 15.3 Å². The van der Waals surface area contributed by atoms with E-state index in [1.165, 1.54) is 6.92 Å². The minimum atomic E-state index is -0.253. The molecular weight excluding hydrogens is 320 g/mol. The number of anilines is 2. The number of Topliss-reactive ketones (excluding diaryl/α,β-unsaturated/α-hetero) is 1. The fraction of sp³-hybridized carbons (Fsp3) is 0.333. The molecule has 0 spiro atoms. The summed E-state index contributed by atoms with van der Waals surface area (Å²) in [5, 5.41) is 5.92. The number of nitrogens with zero attached hydrogens (tertiary/aromatic N) is 2. The summed E-state index contributed by atoms with van der Waals surface area (Å²) < 4.78 is 4.95. The molecule has 0 radical (unpaired) electrons. The summed E-state index contributed by atoms with van der Waals surface area (Å²) >= 11 is 0. The normalized spacial score (nSPS) is 10.4. The summed E-state index contributed by atoms with van der Waals surface area (Å²) in [5.41, 5.74) is 1.71. The zero-order valence-electron chi connectivity index (χ0n) is 14.6. The van der Waals surface area contributed by atoms with E-state index < -0.39 is 0 Å². The molecule has 0 saturated carbocycles. The van der Waals surface area contributed by atoms with Gasteiger partial charge in [-0.1, -0.05) is 0 Å². The molecule has 132 valence electrons. The zero-order valence-corrected chi connectivity index (χ0v) is 14.6. The van der Waals surface area contributed by atoms with Crippen molar-refractivity contribution in [1.29, 1.82) is 0 Å². The van der Waals surface area contributed by atoms with Crippen molar-refractivity contribution in [3.05, 3.63) is 47.4 Å². The standard InChI is InChI=1S/C18H22N4O3/c1-12(23)14-5-7-15(8-6-14)22-17-11-16(20-13(2)21-17)18(24)19-9-4-10-25-3/h5-8,11H,4,9-10H2,1-3H3,(H,19,24)(H,20,21,22). The van der Waals surface area contributed by atoms with Gasteiger partial charge in [-0.05, 0) is 44.5 Å². The number of hydrogen-bond donors (Lipinski definition) is 2. The van der Waals surface area contributed by atoms with Crippen LogP contribution in [0.5, 0.6) is 0 Å². The Kier molecular flexibility index (Phi) is 6.59. The van der Waals surface area contributed by atoms with E-state index in [4.69, 9.17) is 4.74 Å². The van der Waals surface area contributed by atoms with Crippen LogP contribution in [0.1, 0.15) is 40.0 Å². The minimum Gasteiger partial charge on any atom is -0.385 e. The smallest absolute Gasteiger partial charge is 0.270 e. The minimum absolute atomic E-state index is 0.0110. The number of nitrogens with one attached hydrogen (secondary N) is 2. The Morgan fingerprint density at radius 1 is 1.16 bits per heavy atom. The lowest BCUT2D eigenvalue weighted by Gasteiger charge is -2.09. The highest BCUT2D eigenvalue weighted by Gasteiger charge is 2.10. The molecule has 0 atom stereocenters. The molecule has 0 saturated heterocycles. The van der Waals surface area contributed by atoms with Gasteiger partial charge in [0.2, 0.25) is 0 Å². The first-order valence-electron chi connectivity index (χ1n) is 8.00. The number of amides is 1. The van der Waals surface area contributed by atoms with Crippen LogP contribution in [0, 0.1) is 6.92 Å². The summed E-state index contributed by atoms with van der Waals surface area (Å²) in [6.07, 6.45) is 0.736. The van der Waals surface area contributed by atoms with Gasteiger partial charge in [-0.25, -0.2) is 9.97 Å². The number of hydrogen-bond acceptors (Lipinski definition) is 6. The van der Waals surface area contributed by atoms with Crippen molar-refractivity contribution < 1.29 is 14.3 Å². The molecule has 2 aromatic rings. The van der Waals surface area contributed by atoms with E-state index in [-0.39, 0.29) is 11.7 Å². The molecule has 1 heterocycles. The topological polar surface area (TPSA) is 93.2 Å². The average molecular weight is 342 g/mol. The summed E-state index contributed by atoms with van der Waals surface area (Å²) in [6, 6.07) is 8.65. The first-order valence-corrected chi connectivity index (χ1v) is 8.00. The molecule has 2 rings (SSSR count). The van der Waals surface area contributed by atoms with Crippen LogP contribution >= 0.6 is 0 Å². The lowest BCUT2D eigenvalue weighted by molar-refractivity contribution is 0.0942. The maximum atomic E-state index is 12.2. The monoisotopic (exact) mass is 342 g/mol. The second kappa shape index (κ2) is 8.89. The number of rotatable bonds is 8. The Bertz CT molecular complexity index is 744. The maximum absolute atomic E-state index is 12.2. The number of aromatic nitrogens is 2. The van der Waals surface area contributed by atoms with Gasteiger partial charge in [-0.2, -0.15) is 0 Å². The Hall–Kier alpha value is -2.80. The van der Waals surface area contributed by atoms with Gasteiger partial charge in [0.15, 0.2) is 5.78 Å². The molecule has 1 aromatic heterocycles. The van der Waals surface area contributed by atoms with E-state index in [1.807, 2.05) is 0 Å². The Morgan fingerprint density at radius 3 is 2.52 bits per heavy atom. The highest BCUT2D eigenvalue weighted by atomic mass is 16.5. The largest absolute Gasteiger partial charge is 0.385 e. The summed E-state index contributed by atoms with van der Waals surface area (Å²) in [5.74, 6) is 0.769. The number of methoxy groups -OCH3 is 1. The van der Waals surface area contributed by atoms with Crippen molar-refractivity contribution in [2.24, 2.45) is 0 Å². The van der Waals surface area contributed by atoms with Crippen LogP contribution in [0.3, 0.4) is 0 Å². The Labute approximate surface area is 146 Å². The van der Waals surface area contributed by atoms with E-state index in [2.05, 4.69) is 20.6 Å². The third-order valence-corrected chi connectivity index (χ3v) is 3.45. The number of ether oxygens (including phenoxy) is 1. The van der Waals surface area contributed by atoms with Crippen LogP contribution in [0.4, 0.5) is 11.5 Å². The van der Waals surface area contributed by atoms with Gasteiger partial charge in [-0.15, -0.1) is 0 Å². The molecule has 0 aliphatic heterocycles. The molecule has 0 bridgehead atoms. The van der Waals surface area contributed by atoms with E-state index in [9.17, 15) is 9.59 Å². The van der Waals surface area contributed by atoms with E-state index in [0.717, 1.165) is 12.1 Å². The predicted octanol–water partition coefficient (Wildman–Crippen LogP) is 2.50. The number of aryl methyl sites for hydroxylation is 1. The molecule has 0 aliphatic rings. The highest BCUT2D eigenvalue weighted by molar-refractivity contribution is 5.94. The maximum Gasteiger partial charge on any atom is 0.270 e. The third kappa shape index (κ3) is 5.65. The van der Waals surface area contributed by atoms with Gasteiger partial charge in [-0.3, -0.25) is 9.59 Å². The van der Waals surface area contributed by atoms with Gasteiger partial charge in [0.25, 0.3) is 5.91 Å². The second-order valence-electron chi connectivity index (χ2n) is 5.55. The first kappa shape index (κ1) is 18.5. The molecule has 25 heavy (non-hydrogen) atoms. The molecule has 0 unspecified atom stereocenters. The van der Waals surface area contributed by atoms with Crippen molar-refractivity contribution >= 4 is 23.2 Å².